The van der Waals surface area contributed by atoms with Crippen molar-refractivity contribution in [1.82, 2.24) is 20.1 Å². The summed E-state index contributed by atoms with van der Waals surface area (Å²) < 4.78 is 0. The molecule has 0 aliphatic carbocycles. The summed E-state index contributed by atoms with van der Waals surface area (Å²) in [5, 5.41) is 9.64. The van der Waals surface area contributed by atoms with E-state index in [4.69, 9.17) is 4.98 Å². The Morgan fingerprint density at radius 2 is 2.37 bits per heavy atom. The van der Waals surface area contributed by atoms with E-state index in [9.17, 15) is 0 Å². The molecule has 0 radical (unpaired) electrons. The van der Waals surface area contributed by atoms with Crippen LogP contribution in [0.2, 0.25) is 0 Å². The molecule has 2 aromatic rings. The predicted molar refractivity (Wildman–Crippen MR) is 77.3 cm³/mol. The van der Waals surface area contributed by atoms with Crippen LogP contribution in [0.1, 0.15) is 48.3 Å². The molecule has 1 atom stereocenters. The standard InChI is InChI=1S/C14H20N4S/c1-18-8-4-2-3-7-12(18)14-15-13(16-17-14)10-11-6-5-9-19-11/h5-6,9,12H,2-4,7-8,10H2,1H3,(H,15,16,17). The Morgan fingerprint density at radius 1 is 1.42 bits per heavy atom. The molecule has 1 aliphatic rings. The summed E-state index contributed by atoms with van der Waals surface area (Å²) in [6.45, 7) is 1.15. The number of hydrogen-bond acceptors (Lipinski definition) is 4. The molecule has 5 heteroatoms. The number of H-pyrrole nitrogens is 1. The predicted octanol–water partition coefficient (Wildman–Crippen LogP) is 3.00. The van der Waals surface area contributed by atoms with Crippen molar-refractivity contribution in [3.8, 4) is 0 Å². The molecular formula is C14H20N4S. The zero-order valence-electron chi connectivity index (χ0n) is 11.3. The van der Waals surface area contributed by atoms with Crippen LogP contribution in [-0.2, 0) is 6.42 Å². The van der Waals surface area contributed by atoms with Crippen LogP contribution in [0.3, 0.4) is 0 Å². The molecule has 1 N–H and O–H groups in total. The zero-order chi connectivity index (χ0) is 13.1. The maximum absolute atomic E-state index is 4.70. The van der Waals surface area contributed by atoms with E-state index in [1.807, 2.05) is 0 Å². The molecule has 0 aromatic carbocycles. The Bertz CT molecular complexity index is 505. The smallest absolute Gasteiger partial charge is 0.167 e. The third kappa shape index (κ3) is 3.04. The average molecular weight is 276 g/mol. The van der Waals surface area contributed by atoms with E-state index in [1.165, 1.54) is 30.6 Å². The van der Waals surface area contributed by atoms with Gasteiger partial charge in [0.2, 0.25) is 0 Å². The molecule has 1 aliphatic heterocycles. The molecule has 1 fully saturated rings. The second-order valence-electron chi connectivity index (χ2n) is 5.24. The van der Waals surface area contributed by atoms with Crippen LogP contribution in [0, 0.1) is 0 Å². The molecule has 2 aromatic heterocycles. The van der Waals surface area contributed by atoms with Gasteiger partial charge in [-0.25, -0.2) is 4.98 Å². The Hall–Kier alpha value is -1.20. The SMILES string of the molecule is CN1CCCCCC1c1n[nH]c(Cc2cccs2)n1. The number of aromatic amines is 1. The van der Waals surface area contributed by atoms with E-state index in [2.05, 4.69) is 39.7 Å². The third-order valence-electron chi connectivity index (χ3n) is 3.79. The molecule has 0 amide bonds. The van der Waals surface area contributed by atoms with E-state index >= 15 is 0 Å². The summed E-state index contributed by atoms with van der Waals surface area (Å²) in [5.74, 6) is 1.95. The van der Waals surface area contributed by atoms with Gasteiger partial charge in [-0.1, -0.05) is 18.9 Å². The summed E-state index contributed by atoms with van der Waals surface area (Å²) in [4.78, 5) is 8.42. The van der Waals surface area contributed by atoms with Crippen molar-refractivity contribution in [2.24, 2.45) is 0 Å². The van der Waals surface area contributed by atoms with Gasteiger partial charge < -0.3 is 0 Å². The highest BCUT2D eigenvalue weighted by Gasteiger charge is 2.23. The van der Waals surface area contributed by atoms with Crippen LogP contribution in [0.4, 0.5) is 0 Å². The molecule has 0 saturated carbocycles. The van der Waals surface area contributed by atoms with E-state index < -0.39 is 0 Å². The monoisotopic (exact) mass is 276 g/mol. The van der Waals surface area contributed by atoms with Crippen molar-refractivity contribution in [2.45, 2.75) is 38.1 Å². The number of thiophene rings is 1. The van der Waals surface area contributed by atoms with Gasteiger partial charge in [0, 0.05) is 11.3 Å². The molecule has 102 valence electrons. The summed E-state index contributed by atoms with van der Waals surface area (Å²) in [7, 11) is 2.19. The number of rotatable bonds is 3. The van der Waals surface area contributed by atoms with Crippen molar-refractivity contribution in [3.63, 3.8) is 0 Å². The second-order valence-corrected chi connectivity index (χ2v) is 6.27. The topological polar surface area (TPSA) is 44.8 Å². The second kappa shape index (κ2) is 5.84. The van der Waals surface area contributed by atoms with E-state index in [0.717, 1.165) is 24.6 Å². The highest BCUT2D eigenvalue weighted by molar-refractivity contribution is 7.09. The maximum atomic E-state index is 4.70. The Balaban J connectivity index is 1.72. The number of likely N-dealkylation sites (tertiary alicyclic amines) is 1. The van der Waals surface area contributed by atoms with Crippen LogP contribution in [0.15, 0.2) is 17.5 Å². The van der Waals surface area contributed by atoms with E-state index in [0.29, 0.717) is 6.04 Å². The first kappa shape index (κ1) is 12.8. The first-order chi connectivity index (χ1) is 9.33. The fourth-order valence-electron chi connectivity index (χ4n) is 2.69. The summed E-state index contributed by atoms with van der Waals surface area (Å²) in [5.41, 5.74) is 0. The molecule has 3 rings (SSSR count). The fraction of sp³-hybridized carbons (Fsp3) is 0.571. The third-order valence-corrected chi connectivity index (χ3v) is 4.67. The lowest BCUT2D eigenvalue weighted by molar-refractivity contribution is 0.241. The average Bonchev–Trinajstić information content (AvgIpc) is 3.02. The van der Waals surface area contributed by atoms with Crippen LogP contribution in [0.25, 0.3) is 0 Å². The molecule has 0 spiro atoms. The van der Waals surface area contributed by atoms with Gasteiger partial charge in [-0.05, 0) is 37.9 Å². The minimum atomic E-state index is 0.385. The highest BCUT2D eigenvalue weighted by Crippen LogP contribution is 2.26. The molecule has 4 nitrogen and oxygen atoms in total. The molecule has 1 saturated heterocycles. The Kier molecular flexibility index (Phi) is 3.94. The van der Waals surface area contributed by atoms with Gasteiger partial charge in [0.05, 0.1) is 6.04 Å². The molecule has 0 bridgehead atoms. The highest BCUT2D eigenvalue weighted by atomic mass is 32.1. The van der Waals surface area contributed by atoms with Gasteiger partial charge in [0.15, 0.2) is 5.82 Å². The minimum Gasteiger partial charge on any atom is -0.296 e. The number of aromatic nitrogens is 3. The van der Waals surface area contributed by atoms with Crippen molar-refractivity contribution < 1.29 is 0 Å². The van der Waals surface area contributed by atoms with Crippen molar-refractivity contribution in [1.29, 1.82) is 0 Å². The Labute approximate surface area is 117 Å². The molecule has 19 heavy (non-hydrogen) atoms. The van der Waals surface area contributed by atoms with Gasteiger partial charge in [0.25, 0.3) is 0 Å². The first-order valence-electron chi connectivity index (χ1n) is 6.97. The first-order valence-corrected chi connectivity index (χ1v) is 7.84. The number of hydrogen-bond donors (Lipinski definition) is 1. The lowest BCUT2D eigenvalue weighted by Gasteiger charge is -2.22. The van der Waals surface area contributed by atoms with Crippen LogP contribution < -0.4 is 0 Å². The fourth-order valence-corrected chi connectivity index (χ4v) is 3.40. The maximum Gasteiger partial charge on any atom is 0.167 e. The van der Waals surface area contributed by atoms with Gasteiger partial charge in [-0.3, -0.25) is 10.00 Å². The van der Waals surface area contributed by atoms with Crippen molar-refractivity contribution >= 4 is 11.3 Å². The van der Waals surface area contributed by atoms with E-state index in [-0.39, 0.29) is 0 Å². The summed E-state index contributed by atoms with van der Waals surface area (Å²) >= 11 is 1.77. The van der Waals surface area contributed by atoms with Gasteiger partial charge in [-0.15, -0.1) is 11.3 Å². The zero-order valence-corrected chi connectivity index (χ0v) is 12.1. The van der Waals surface area contributed by atoms with Crippen LogP contribution in [0.5, 0.6) is 0 Å². The molecule has 3 heterocycles. The van der Waals surface area contributed by atoms with Gasteiger partial charge >= 0.3 is 0 Å². The summed E-state index contributed by atoms with van der Waals surface area (Å²) in [6, 6.07) is 4.61. The quantitative estimate of drug-likeness (QED) is 0.937. The van der Waals surface area contributed by atoms with Gasteiger partial charge in [-0.2, -0.15) is 5.10 Å². The van der Waals surface area contributed by atoms with Crippen molar-refractivity contribution in [2.75, 3.05) is 13.6 Å². The lowest BCUT2D eigenvalue weighted by atomic mass is 10.1. The lowest BCUT2D eigenvalue weighted by Crippen LogP contribution is -2.24. The van der Waals surface area contributed by atoms with Crippen LogP contribution >= 0.6 is 11.3 Å². The van der Waals surface area contributed by atoms with Crippen LogP contribution in [-0.4, -0.2) is 33.7 Å². The van der Waals surface area contributed by atoms with E-state index in [1.54, 1.807) is 11.3 Å². The van der Waals surface area contributed by atoms with Gasteiger partial charge in [0.1, 0.15) is 5.82 Å². The van der Waals surface area contributed by atoms with Crippen molar-refractivity contribution in [3.05, 3.63) is 34.0 Å². The molecule has 1 unspecified atom stereocenters. The largest absolute Gasteiger partial charge is 0.296 e. The normalized spacial score (nSPS) is 21.4. The number of nitrogens with one attached hydrogen (secondary N) is 1. The minimum absolute atomic E-state index is 0.385. The molecular weight excluding hydrogens is 256 g/mol. The number of nitrogens with zero attached hydrogens (tertiary/aromatic N) is 3. The summed E-state index contributed by atoms with van der Waals surface area (Å²) in [6.07, 6.45) is 5.94. The Morgan fingerprint density at radius 3 is 3.21 bits per heavy atom.